The van der Waals surface area contributed by atoms with Crippen molar-refractivity contribution in [2.45, 2.75) is 19.4 Å². The molecule has 0 bridgehead atoms. The van der Waals surface area contributed by atoms with Crippen LogP contribution in [0.2, 0.25) is 0 Å². The van der Waals surface area contributed by atoms with E-state index >= 15 is 0 Å². The molecular formula is C9H14N2O. The van der Waals surface area contributed by atoms with Gasteiger partial charge in [0.25, 0.3) is 0 Å². The summed E-state index contributed by atoms with van der Waals surface area (Å²) in [4.78, 5) is 13.1. The Morgan fingerprint density at radius 1 is 1.83 bits per heavy atom. The summed E-state index contributed by atoms with van der Waals surface area (Å²) >= 11 is 0. The quantitative estimate of drug-likeness (QED) is 0.548. The first-order valence-electron chi connectivity index (χ1n) is 4.18. The van der Waals surface area contributed by atoms with Crippen LogP contribution in [-0.2, 0) is 4.79 Å². The Hall–Kier alpha value is -1.01. The Morgan fingerprint density at radius 3 is 3.17 bits per heavy atom. The van der Waals surface area contributed by atoms with Crippen LogP contribution in [-0.4, -0.2) is 36.5 Å². The zero-order chi connectivity index (χ0) is 8.97. The highest BCUT2D eigenvalue weighted by Crippen LogP contribution is 2.00. The van der Waals surface area contributed by atoms with E-state index in [1.165, 1.54) is 0 Å². The lowest BCUT2D eigenvalue weighted by molar-refractivity contribution is -0.131. The number of nitrogens with zero attached hydrogens (tertiary/aromatic N) is 1. The number of carbonyl (C=O) groups is 1. The normalized spacial score (nSPS) is 23.3. The van der Waals surface area contributed by atoms with Gasteiger partial charge in [-0.15, -0.1) is 6.42 Å². The van der Waals surface area contributed by atoms with Crippen molar-refractivity contribution in [2.75, 3.05) is 19.6 Å². The fourth-order valence-corrected chi connectivity index (χ4v) is 1.36. The highest BCUT2D eigenvalue weighted by atomic mass is 16.2. The summed E-state index contributed by atoms with van der Waals surface area (Å²) in [5.41, 5.74) is 0. The van der Waals surface area contributed by atoms with Crippen molar-refractivity contribution in [2.24, 2.45) is 0 Å². The molecule has 1 atom stereocenters. The van der Waals surface area contributed by atoms with E-state index in [-0.39, 0.29) is 12.3 Å². The molecule has 3 nitrogen and oxygen atoms in total. The van der Waals surface area contributed by atoms with Crippen LogP contribution in [0.5, 0.6) is 0 Å². The van der Waals surface area contributed by atoms with E-state index in [1.807, 2.05) is 4.90 Å². The molecule has 3 heteroatoms. The molecule has 66 valence electrons. The minimum Gasteiger partial charge on any atom is -0.339 e. The van der Waals surface area contributed by atoms with E-state index in [9.17, 15) is 4.79 Å². The molecule has 1 aliphatic rings. The highest BCUT2D eigenvalue weighted by Gasteiger charge is 2.18. The summed E-state index contributed by atoms with van der Waals surface area (Å²) in [6, 6.07) is 0.389. The summed E-state index contributed by atoms with van der Waals surface area (Å²) < 4.78 is 0. The predicted octanol–water partition coefficient (Wildman–Crippen LogP) is -0.170. The second-order valence-electron chi connectivity index (χ2n) is 3.08. The number of nitrogens with one attached hydrogen (secondary N) is 1. The molecule has 1 saturated heterocycles. The molecule has 0 aromatic rings. The van der Waals surface area contributed by atoms with Gasteiger partial charge in [0, 0.05) is 25.7 Å². The predicted molar refractivity (Wildman–Crippen MR) is 47.5 cm³/mol. The molecule has 0 unspecified atom stereocenters. The third-order valence-corrected chi connectivity index (χ3v) is 1.97. The zero-order valence-electron chi connectivity index (χ0n) is 7.34. The second-order valence-corrected chi connectivity index (χ2v) is 3.08. The van der Waals surface area contributed by atoms with Crippen LogP contribution in [0.3, 0.4) is 0 Å². The van der Waals surface area contributed by atoms with Gasteiger partial charge < -0.3 is 10.2 Å². The molecule has 1 rings (SSSR count). The monoisotopic (exact) mass is 166 g/mol. The smallest absolute Gasteiger partial charge is 0.234 e. The second kappa shape index (κ2) is 4.13. The van der Waals surface area contributed by atoms with Gasteiger partial charge in [-0.05, 0) is 6.92 Å². The van der Waals surface area contributed by atoms with E-state index in [0.29, 0.717) is 6.04 Å². The summed E-state index contributed by atoms with van der Waals surface area (Å²) in [6.45, 7) is 4.50. The molecule has 12 heavy (non-hydrogen) atoms. The largest absolute Gasteiger partial charge is 0.339 e. The maximum atomic E-state index is 11.3. The third kappa shape index (κ3) is 2.24. The summed E-state index contributed by atoms with van der Waals surface area (Å²) in [5.74, 6) is 2.44. The molecule has 1 heterocycles. The average Bonchev–Trinajstić information content (AvgIpc) is 2.05. The molecule has 0 spiro atoms. The standard InChI is InChI=1S/C9H14N2O/c1-3-4-9(12)11-6-5-10-8(2)7-11/h1,8,10H,4-7H2,2H3/t8-/m1/s1. The Labute approximate surface area is 73.1 Å². The number of hydrogen-bond acceptors (Lipinski definition) is 2. The molecule has 1 aliphatic heterocycles. The number of hydrogen-bond donors (Lipinski definition) is 1. The molecule has 0 aliphatic carbocycles. The van der Waals surface area contributed by atoms with E-state index in [0.717, 1.165) is 19.6 Å². The minimum atomic E-state index is 0.0749. The maximum Gasteiger partial charge on any atom is 0.234 e. The van der Waals surface area contributed by atoms with Crippen molar-refractivity contribution in [3.63, 3.8) is 0 Å². The van der Waals surface area contributed by atoms with Gasteiger partial charge in [-0.2, -0.15) is 0 Å². The van der Waals surface area contributed by atoms with Crippen LogP contribution in [0.25, 0.3) is 0 Å². The summed E-state index contributed by atoms with van der Waals surface area (Å²) in [7, 11) is 0. The number of piperazine rings is 1. The molecule has 0 radical (unpaired) electrons. The first kappa shape index (κ1) is 9.08. The molecule has 1 fully saturated rings. The lowest BCUT2D eigenvalue weighted by Gasteiger charge is -2.31. The van der Waals surface area contributed by atoms with Gasteiger partial charge in [-0.3, -0.25) is 4.79 Å². The van der Waals surface area contributed by atoms with Crippen molar-refractivity contribution in [1.29, 1.82) is 0 Å². The number of carbonyl (C=O) groups excluding carboxylic acids is 1. The molecule has 0 aromatic heterocycles. The lowest BCUT2D eigenvalue weighted by Crippen LogP contribution is -2.51. The number of amides is 1. The van der Waals surface area contributed by atoms with Crippen molar-refractivity contribution in [3.05, 3.63) is 0 Å². The Balaban J connectivity index is 2.41. The van der Waals surface area contributed by atoms with Gasteiger partial charge >= 0.3 is 0 Å². The Morgan fingerprint density at radius 2 is 2.58 bits per heavy atom. The fraction of sp³-hybridized carbons (Fsp3) is 0.667. The first-order valence-corrected chi connectivity index (χ1v) is 4.18. The van der Waals surface area contributed by atoms with Crippen LogP contribution >= 0.6 is 0 Å². The molecule has 1 amide bonds. The van der Waals surface area contributed by atoms with Gasteiger partial charge in [0.05, 0.1) is 6.42 Å². The van der Waals surface area contributed by atoms with Crippen LogP contribution in [0.1, 0.15) is 13.3 Å². The van der Waals surface area contributed by atoms with Gasteiger partial charge in [-0.1, -0.05) is 5.92 Å². The van der Waals surface area contributed by atoms with Crippen molar-refractivity contribution >= 4 is 5.91 Å². The van der Waals surface area contributed by atoms with E-state index < -0.39 is 0 Å². The van der Waals surface area contributed by atoms with Crippen molar-refractivity contribution < 1.29 is 4.79 Å². The van der Waals surface area contributed by atoms with Gasteiger partial charge in [-0.25, -0.2) is 0 Å². The third-order valence-electron chi connectivity index (χ3n) is 1.97. The minimum absolute atomic E-state index is 0.0749. The molecule has 0 saturated carbocycles. The van der Waals surface area contributed by atoms with Crippen LogP contribution < -0.4 is 5.32 Å². The molecule has 0 aromatic carbocycles. The lowest BCUT2D eigenvalue weighted by atomic mass is 10.2. The Kier molecular flexibility index (Phi) is 3.12. The average molecular weight is 166 g/mol. The summed E-state index contributed by atoms with van der Waals surface area (Å²) in [6.07, 6.45) is 5.29. The van der Waals surface area contributed by atoms with Crippen LogP contribution in [0.4, 0.5) is 0 Å². The van der Waals surface area contributed by atoms with Gasteiger partial charge in [0.1, 0.15) is 0 Å². The van der Waals surface area contributed by atoms with E-state index in [1.54, 1.807) is 0 Å². The van der Waals surface area contributed by atoms with Gasteiger partial charge in [0.15, 0.2) is 0 Å². The molecule has 1 N–H and O–H groups in total. The molecular weight excluding hydrogens is 152 g/mol. The van der Waals surface area contributed by atoms with Gasteiger partial charge in [0.2, 0.25) is 5.91 Å². The van der Waals surface area contributed by atoms with E-state index in [2.05, 4.69) is 18.2 Å². The van der Waals surface area contributed by atoms with Crippen molar-refractivity contribution in [3.8, 4) is 12.3 Å². The number of terminal acetylenes is 1. The van der Waals surface area contributed by atoms with Crippen molar-refractivity contribution in [1.82, 2.24) is 10.2 Å². The summed E-state index contributed by atoms with van der Waals surface area (Å²) in [5, 5.41) is 3.26. The van der Waals surface area contributed by atoms with Crippen LogP contribution in [0.15, 0.2) is 0 Å². The SMILES string of the molecule is C#CCC(=O)N1CCN[C@H](C)C1. The fourth-order valence-electron chi connectivity index (χ4n) is 1.36. The Bertz CT molecular complexity index is 207. The number of rotatable bonds is 1. The maximum absolute atomic E-state index is 11.3. The zero-order valence-corrected chi connectivity index (χ0v) is 7.34. The first-order chi connectivity index (χ1) is 5.74. The highest BCUT2D eigenvalue weighted by molar-refractivity contribution is 5.78. The van der Waals surface area contributed by atoms with E-state index in [4.69, 9.17) is 6.42 Å². The van der Waals surface area contributed by atoms with Crippen LogP contribution in [0, 0.1) is 12.3 Å². The topological polar surface area (TPSA) is 32.3 Å².